The average Bonchev–Trinajstić information content (AvgIpc) is 2.66. The topological polar surface area (TPSA) is 125 Å². The highest BCUT2D eigenvalue weighted by atomic mass is 19.1. The molecule has 0 radical (unpaired) electrons. The number of nitro benzene ring substituents is 1. The molecule has 1 amide bonds. The first-order chi connectivity index (χ1) is 12.8. The Kier molecular flexibility index (Phi) is 6.15. The molecule has 0 aliphatic heterocycles. The summed E-state index contributed by atoms with van der Waals surface area (Å²) in [5, 5.41) is 12.9. The van der Waals surface area contributed by atoms with Crippen molar-refractivity contribution in [2.24, 2.45) is 0 Å². The third-order valence-corrected chi connectivity index (χ3v) is 3.30. The van der Waals surface area contributed by atoms with Crippen molar-refractivity contribution in [1.82, 2.24) is 0 Å². The Morgan fingerprint density at radius 1 is 1.07 bits per heavy atom. The molecule has 0 saturated heterocycles. The van der Waals surface area contributed by atoms with Crippen LogP contribution in [-0.4, -0.2) is 36.5 Å². The average molecular weight is 376 g/mol. The minimum absolute atomic E-state index is 0.0217. The molecule has 0 fully saturated rings. The number of esters is 2. The van der Waals surface area contributed by atoms with Crippen LogP contribution >= 0.6 is 0 Å². The number of rotatable bonds is 6. The number of hydrogen-bond donors (Lipinski definition) is 1. The fourth-order valence-electron chi connectivity index (χ4n) is 2.00. The van der Waals surface area contributed by atoms with Gasteiger partial charge in [0.15, 0.2) is 6.61 Å². The minimum Gasteiger partial charge on any atom is -0.465 e. The number of ether oxygens (including phenoxy) is 2. The van der Waals surface area contributed by atoms with Crippen molar-refractivity contribution in [2.75, 3.05) is 19.0 Å². The molecule has 2 aromatic carbocycles. The van der Waals surface area contributed by atoms with Crippen LogP contribution in [0, 0.1) is 15.9 Å². The van der Waals surface area contributed by atoms with E-state index >= 15 is 0 Å². The summed E-state index contributed by atoms with van der Waals surface area (Å²) in [6.07, 6.45) is 0. The van der Waals surface area contributed by atoms with Gasteiger partial charge in [-0.3, -0.25) is 14.9 Å². The highest BCUT2D eigenvalue weighted by Crippen LogP contribution is 2.21. The molecule has 0 aromatic heterocycles. The first-order valence-electron chi connectivity index (χ1n) is 7.41. The van der Waals surface area contributed by atoms with Crippen LogP contribution < -0.4 is 5.32 Å². The van der Waals surface area contributed by atoms with Crippen molar-refractivity contribution in [3.05, 3.63) is 69.5 Å². The van der Waals surface area contributed by atoms with Gasteiger partial charge < -0.3 is 14.8 Å². The largest absolute Gasteiger partial charge is 0.465 e. The molecule has 0 atom stereocenters. The van der Waals surface area contributed by atoms with Gasteiger partial charge in [0.1, 0.15) is 0 Å². The number of halogens is 1. The molecule has 1 N–H and O–H groups in total. The van der Waals surface area contributed by atoms with E-state index in [1.807, 2.05) is 0 Å². The Bertz CT molecular complexity index is 897. The van der Waals surface area contributed by atoms with Crippen LogP contribution in [0.4, 0.5) is 15.8 Å². The molecule has 9 nitrogen and oxygen atoms in total. The van der Waals surface area contributed by atoms with Gasteiger partial charge in [0, 0.05) is 11.8 Å². The quantitative estimate of drug-likeness (QED) is 0.466. The van der Waals surface area contributed by atoms with E-state index in [0.29, 0.717) is 0 Å². The summed E-state index contributed by atoms with van der Waals surface area (Å²) in [6, 6.07) is 8.20. The zero-order chi connectivity index (χ0) is 20.0. The summed E-state index contributed by atoms with van der Waals surface area (Å²) in [6.45, 7) is -0.664. The van der Waals surface area contributed by atoms with Gasteiger partial charge in [-0.25, -0.2) is 9.59 Å². The maximum atomic E-state index is 13.2. The molecular weight excluding hydrogens is 363 g/mol. The second kappa shape index (κ2) is 8.52. The Hall–Kier alpha value is -3.82. The van der Waals surface area contributed by atoms with Crippen molar-refractivity contribution >= 4 is 29.2 Å². The Morgan fingerprint density at radius 2 is 1.67 bits per heavy atom. The van der Waals surface area contributed by atoms with E-state index in [2.05, 4.69) is 10.1 Å². The van der Waals surface area contributed by atoms with Gasteiger partial charge in [-0.1, -0.05) is 0 Å². The molecule has 0 heterocycles. The van der Waals surface area contributed by atoms with Crippen molar-refractivity contribution in [3.63, 3.8) is 0 Å². The lowest BCUT2D eigenvalue weighted by Gasteiger charge is -2.07. The molecule has 0 spiro atoms. The van der Waals surface area contributed by atoms with Crippen molar-refractivity contribution in [1.29, 1.82) is 0 Å². The number of methoxy groups -OCH3 is 1. The maximum absolute atomic E-state index is 13.2. The van der Waals surface area contributed by atoms with E-state index in [-0.39, 0.29) is 16.8 Å². The van der Waals surface area contributed by atoms with Crippen LogP contribution in [0.1, 0.15) is 20.7 Å². The third-order valence-electron chi connectivity index (χ3n) is 3.30. The lowest BCUT2D eigenvalue weighted by atomic mass is 10.1. The van der Waals surface area contributed by atoms with E-state index in [1.54, 1.807) is 0 Å². The van der Waals surface area contributed by atoms with Crippen molar-refractivity contribution < 1.29 is 33.2 Å². The number of anilines is 1. The van der Waals surface area contributed by atoms with Crippen LogP contribution in [0.5, 0.6) is 0 Å². The van der Waals surface area contributed by atoms with E-state index in [9.17, 15) is 28.9 Å². The third kappa shape index (κ3) is 5.08. The summed E-state index contributed by atoms with van der Waals surface area (Å²) in [4.78, 5) is 44.7. The molecule has 0 aliphatic carbocycles. The Morgan fingerprint density at radius 3 is 2.22 bits per heavy atom. The van der Waals surface area contributed by atoms with E-state index < -0.39 is 40.9 Å². The van der Waals surface area contributed by atoms with Gasteiger partial charge in [-0.15, -0.1) is 0 Å². The minimum atomic E-state index is -1.04. The fraction of sp³-hybridized carbons (Fsp3) is 0.118. The number of carbonyl (C=O) groups excluding carboxylic acids is 3. The second-order valence-electron chi connectivity index (χ2n) is 5.12. The SMILES string of the molecule is COC(=O)c1ccc(C(=O)OCC(=O)Nc2ccc(F)c([N+](=O)[O-])c2)cc1. The summed E-state index contributed by atoms with van der Waals surface area (Å²) in [7, 11) is 1.22. The van der Waals surface area contributed by atoms with Crippen LogP contribution in [0.25, 0.3) is 0 Å². The molecule has 140 valence electrons. The highest BCUT2D eigenvalue weighted by molar-refractivity contribution is 5.96. The molecule has 0 aliphatic rings. The number of nitro groups is 1. The van der Waals surface area contributed by atoms with Gasteiger partial charge in [-0.05, 0) is 36.4 Å². The zero-order valence-electron chi connectivity index (χ0n) is 13.9. The lowest BCUT2D eigenvalue weighted by Crippen LogP contribution is -2.21. The molecule has 0 saturated carbocycles. The van der Waals surface area contributed by atoms with Crippen LogP contribution in [-0.2, 0) is 14.3 Å². The number of nitrogens with zero attached hydrogens (tertiary/aromatic N) is 1. The van der Waals surface area contributed by atoms with Crippen molar-refractivity contribution in [2.45, 2.75) is 0 Å². The van der Waals surface area contributed by atoms with Gasteiger partial charge in [0.05, 0.1) is 23.2 Å². The monoisotopic (exact) mass is 376 g/mol. The van der Waals surface area contributed by atoms with Crippen LogP contribution in [0.3, 0.4) is 0 Å². The smallest absolute Gasteiger partial charge is 0.338 e. The molecule has 2 aromatic rings. The number of amides is 1. The van der Waals surface area contributed by atoms with Crippen molar-refractivity contribution in [3.8, 4) is 0 Å². The molecular formula is C17H13FN2O7. The number of benzene rings is 2. The number of hydrogen-bond acceptors (Lipinski definition) is 7. The number of carbonyl (C=O) groups is 3. The maximum Gasteiger partial charge on any atom is 0.338 e. The van der Waals surface area contributed by atoms with Crippen LogP contribution in [0.15, 0.2) is 42.5 Å². The molecule has 27 heavy (non-hydrogen) atoms. The molecule has 0 bridgehead atoms. The van der Waals surface area contributed by atoms with E-state index in [1.165, 1.54) is 31.4 Å². The summed E-state index contributed by atoms with van der Waals surface area (Å²) in [5.74, 6) is -3.19. The van der Waals surface area contributed by atoms with Gasteiger partial charge in [0.2, 0.25) is 5.82 Å². The summed E-state index contributed by atoms with van der Waals surface area (Å²) >= 11 is 0. The predicted octanol–water partition coefficient (Wildman–Crippen LogP) is 2.32. The standard InChI is InChI=1S/C17H13FN2O7/c1-26-16(22)10-2-4-11(5-3-10)17(23)27-9-15(21)19-12-6-7-13(18)14(8-12)20(24)25/h2-8H,9H2,1H3,(H,19,21). The van der Waals surface area contributed by atoms with Gasteiger partial charge in [-0.2, -0.15) is 4.39 Å². The molecule has 2 rings (SSSR count). The van der Waals surface area contributed by atoms with E-state index in [0.717, 1.165) is 18.2 Å². The fourth-order valence-corrected chi connectivity index (χ4v) is 2.00. The normalized spacial score (nSPS) is 10.0. The summed E-state index contributed by atoms with van der Waals surface area (Å²) in [5.41, 5.74) is -0.473. The number of nitrogens with one attached hydrogen (secondary N) is 1. The van der Waals surface area contributed by atoms with E-state index in [4.69, 9.17) is 4.74 Å². The second-order valence-corrected chi connectivity index (χ2v) is 5.12. The first-order valence-corrected chi connectivity index (χ1v) is 7.41. The van der Waals surface area contributed by atoms with Crippen LogP contribution in [0.2, 0.25) is 0 Å². The molecule has 10 heteroatoms. The summed E-state index contributed by atoms with van der Waals surface area (Å²) < 4.78 is 22.6. The lowest BCUT2D eigenvalue weighted by molar-refractivity contribution is -0.387. The molecule has 0 unspecified atom stereocenters. The Labute approximate surface area is 151 Å². The van der Waals surface area contributed by atoms with Gasteiger partial charge >= 0.3 is 17.6 Å². The zero-order valence-corrected chi connectivity index (χ0v) is 13.9. The first kappa shape index (κ1) is 19.5. The van der Waals surface area contributed by atoms with Gasteiger partial charge in [0.25, 0.3) is 5.91 Å². The Balaban J connectivity index is 1.93. The predicted molar refractivity (Wildman–Crippen MR) is 89.7 cm³/mol. The highest BCUT2D eigenvalue weighted by Gasteiger charge is 2.16.